The van der Waals surface area contributed by atoms with Gasteiger partial charge in [0, 0.05) is 28.9 Å². The molecule has 6 heteroatoms. The van der Waals surface area contributed by atoms with E-state index in [0.29, 0.717) is 11.3 Å². The van der Waals surface area contributed by atoms with Crippen molar-refractivity contribution < 1.29 is 4.39 Å². The van der Waals surface area contributed by atoms with E-state index in [9.17, 15) is 9.65 Å². The van der Waals surface area contributed by atoms with Crippen molar-refractivity contribution in [2.75, 3.05) is 6.26 Å². The van der Waals surface area contributed by atoms with E-state index in [-0.39, 0.29) is 29.1 Å². The van der Waals surface area contributed by atoms with Crippen molar-refractivity contribution in [3.05, 3.63) is 70.8 Å². The fourth-order valence-electron chi connectivity index (χ4n) is 4.93. The molecule has 1 aromatic heterocycles. The molecule has 2 aliphatic rings. The van der Waals surface area contributed by atoms with Crippen LogP contribution in [0.25, 0.3) is 0 Å². The predicted octanol–water partition coefficient (Wildman–Crippen LogP) is 6.47. The predicted molar refractivity (Wildman–Crippen MR) is 137 cm³/mol. The van der Waals surface area contributed by atoms with Crippen molar-refractivity contribution in [3.8, 4) is 6.07 Å². The molecule has 3 unspecified atom stereocenters. The molecule has 2 N–H and O–H groups in total. The van der Waals surface area contributed by atoms with Crippen molar-refractivity contribution >= 4 is 24.0 Å². The number of rotatable bonds is 5. The van der Waals surface area contributed by atoms with Crippen LogP contribution in [-0.2, 0) is 0 Å². The Morgan fingerprint density at radius 2 is 2.03 bits per heavy atom. The fourth-order valence-corrected chi connectivity index (χ4v) is 4.93. The number of thiol groups is 1. The fraction of sp³-hybridized carbons (Fsp3) is 0.444. The van der Waals surface area contributed by atoms with Crippen LogP contribution in [0.2, 0.25) is 0 Å². The van der Waals surface area contributed by atoms with Gasteiger partial charge in [0.05, 0.1) is 5.69 Å². The molecule has 1 aliphatic heterocycles. The van der Waals surface area contributed by atoms with Gasteiger partial charge in [0.1, 0.15) is 17.6 Å². The van der Waals surface area contributed by atoms with E-state index in [2.05, 4.69) is 43.6 Å². The standard InChI is InChI=1S/C26H29FN4.CH4S/c1-16(9-10-17(2)26(29)12-6-13-26)25-23(19-7-4-5-8-20(19)27)18(3)24-21(31-25)11-14-30-22(24)15-28;1-2/h4-5,7-8,10-11,14,16,18,23H,6,9,12-13,29H2,1-3H3;2H,1H3/b17-10+;. The Morgan fingerprint density at radius 1 is 1.33 bits per heavy atom. The highest BCUT2D eigenvalue weighted by Crippen LogP contribution is 2.46. The zero-order valence-electron chi connectivity index (χ0n) is 19.8. The summed E-state index contributed by atoms with van der Waals surface area (Å²) in [6.45, 7) is 6.31. The average Bonchev–Trinajstić information content (AvgIpc) is 2.82. The first-order valence-corrected chi connectivity index (χ1v) is 12.4. The van der Waals surface area contributed by atoms with Crippen LogP contribution >= 0.6 is 12.6 Å². The first-order chi connectivity index (χ1) is 15.9. The Hall–Kier alpha value is -2.49. The molecule has 3 atom stereocenters. The third-order valence-electron chi connectivity index (χ3n) is 7.15. The van der Waals surface area contributed by atoms with E-state index in [4.69, 9.17) is 10.7 Å². The molecular weight excluding hydrogens is 431 g/mol. The number of aliphatic imine (C=N–C) groups is 1. The normalized spacial score (nSPS) is 22.0. The topological polar surface area (TPSA) is 75.1 Å². The van der Waals surface area contributed by atoms with E-state index in [1.54, 1.807) is 18.5 Å². The monoisotopic (exact) mass is 464 g/mol. The summed E-state index contributed by atoms with van der Waals surface area (Å²) in [5.74, 6) is -0.489. The van der Waals surface area contributed by atoms with Crippen molar-refractivity contribution in [2.45, 2.75) is 63.8 Å². The Bertz CT molecular complexity index is 1100. The second kappa shape index (κ2) is 10.6. The number of pyridine rings is 1. The molecule has 2 aromatic rings. The molecule has 4 nitrogen and oxygen atoms in total. The largest absolute Gasteiger partial charge is 0.322 e. The van der Waals surface area contributed by atoms with Gasteiger partial charge in [-0.2, -0.15) is 17.9 Å². The van der Waals surface area contributed by atoms with Crippen LogP contribution in [0.1, 0.15) is 75.1 Å². The molecule has 1 fully saturated rings. The maximum Gasteiger partial charge on any atom is 0.146 e. The van der Waals surface area contributed by atoms with Crippen LogP contribution in [0, 0.1) is 23.1 Å². The molecule has 33 heavy (non-hydrogen) atoms. The second-order valence-electron chi connectivity index (χ2n) is 9.06. The van der Waals surface area contributed by atoms with Crippen LogP contribution in [0.5, 0.6) is 0 Å². The van der Waals surface area contributed by atoms with Gasteiger partial charge in [0.25, 0.3) is 0 Å². The average molecular weight is 465 g/mol. The van der Waals surface area contributed by atoms with E-state index < -0.39 is 0 Å². The van der Waals surface area contributed by atoms with Crippen molar-refractivity contribution in [3.63, 3.8) is 0 Å². The van der Waals surface area contributed by atoms with Gasteiger partial charge in [-0.15, -0.1) is 0 Å². The van der Waals surface area contributed by atoms with Gasteiger partial charge in [-0.25, -0.2) is 9.37 Å². The molecule has 0 amide bonds. The third-order valence-corrected chi connectivity index (χ3v) is 7.15. The van der Waals surface area contributed by atoms with Gasteiger partial charge >= 0.3 is 0 Å². The maximum atomic E-state index is 14.9. The number of hydrogen-bond acceptors (Lipinski definition) is 5. The van der Waals surface area contributed by atoms with Crippen LogP contribution in [0.3, 0.4) is 0 Å². The summed E-state index contributed by atoms with van der Waals surface area (Å²) in [6.07, 6.45) is 9.61. The minimum atomic E-state index is -0.246. The lowest BCUT2D eigenvalue weighted by atomic mass is 9.71. The summed E-state index contributed by atoms with van der Waals surface area (Å²) in [5, 5.41) is 9.59. The van der Waals surface area contributed by atoms with Gasteiger partial charge in [0.15, 0.2) is 0 Å². The number of nitriles is 1. The molecule has 1 aliphatic carbocycles. The Balaban J connectivity index is 0.00000149. The molecular formula is C27H33FN4S. The highest BCUT2D eigenvalue weighted by molar-refractivity contribution is 7.79. The Kier molecular flexibility index (Phi) is 8.10. The lowest BCUT2D eigenvalue weighted by Gasteiger charge is -2.39. The minimum Gasteiger partial charge on any atom is -0.322 e. The summed E-state index contributed by atoms with van der Waals surface area (Å²) in [6, 6.07) is 10.9. The van der Waals surface area contributed by atoms with Gasteiger partial charge < -0.3 is 5.73 Å². The zero-order valence-corrected chi connectivity index (χ0v) is 20.7. The molecule has 1 aromatic carbocycles. The van der Waals surface area contributed by atoms with E-state index in [1.807, 2.05) is 25.1 Å². The van der Waals surface area contributed by atoms with Crippen LogP contribution in [-0.4, -0.2) is 22.5 Å². The number of nitrogens with zero attached hydrogens (tertiary/aromatic N) is 3. The lowest BCUT2D eigenvalue weighted by molar-refractivity contribution is 0.297. The van der Waals surface area contributed by atoms with E-state index in [0.717, 1.165) is 36.2 Å². The number of nitrogens with two attached hydrogens (primary N) is 1. The first-order valence-electron chi connectivity index (χ1n) is 11.5. The number of halogens is 1. The van der Waals surface area contributed by atoms with Crippen molar-refractivity contribution in [1.82, 2.24) is 4.98 Å². The zero-order chi connectivity index (χ0) is 24.2. The van der Waals surface area contributed by atoms with Gasteiger partial charge in [-0.05, 0) is 68.4 Å². The Morgan fingerprint density at radius 3 is 2.64 bits per heavy atom. The summed E-state index contributed by atoms with van der Waals surface area (Å²) >= 11 is 3.53. The van der Waals surface area contributed by atoms with Crippen LogP contribution < -0.4 is 5.73 Å². The smallest absolute Gasteiger partial charge is 0.146 e. The number of fused-ring (bicyclic) bond motifs is 1. The number of hydrogen-bond donors (Lipinski definition) is 2. The SMILES string of the molecule is C/C(=C\CC(C)C1=Nc2ccnc(C#N)c2C(C)C1c1ccccc1F)C1(N)CCC1.CS. The molecule has 0 saturated heterocycles. The number of benzene rings is 1. The third kappa shape index (κ3) is 4.90. The van der Waals surface area contributed by atoms with Gasteiger partial charge in [-0.1, -0.05) is 43.7 Å². The van der Waals surface area contributed by atoms with Crippen LogP contribution in [0.4, 0.5) is 10.1 Å². The molecule has 0 radical (unpaired) electrons. The number of aromatic nitrogens is 1. The number of allylic oxidation sites excluding steroid dienone is 1. The van der Waals surface area contributed by atoms with Crippen molar-refractivity contribution in [1.29, 1.82) is 5.26 Å². The minimum absolute atomic E-state index is 0.109. The first kappa shape index (κ1) is 25.1. The van der Waals surface area contributed by atoms with Crippen LogP contribution in [0.15, 0.2) is 53.2 Å². The summed E-state index contributed by atoms with van der Waals surface area (Å²) in [7, 11) is 0. The quantitative estimate of drug-likeness (QED) is 0.393. The maximum absolute atomic E-state index is 14.9. The molecule has 1 saturated carbocycles. The van der Waals surface area contributed by atoms with E-state index >= 15 is 0 Å². The molecule has 174 valence electrons. The molecule has 4 rings (SSSR count). The van der Waals surface area contributed by atoms with Crippen molar-refractivity contribution in [2.24, 2.45) is 16.6 Å². The highest BCUT2D eigenvalue weighted by Gasteiger charge is 2.37. The van der Waals surface area contributed by atoms with Gasteiger partial charge in [0.2, 0.25) is 0 Å². The molecule has 0 spiro atoms. The summed E-state index contributed by atoms with van der Waals surface area (Å²) in [4.78, 5) is 9.21. The Labute approximate surface area is 202 Å². The summed E-state index contributed by atoms with van der Waals surface area (Å²) < 4.78 is 14.9. The highest BCUT2D eigenvalue weighted by atomic mass is 32.1. The van der Waals surface area contributed by atoms with E-state index in [1.165, 1.54) is 18.1 Å². The second-order valence-corrected chi connectivity index (χ2v) is 9.06. The summed E-state index contributed by atoms with van der Waals surface area (Å²) in [5.41, 5.74) is 11.1. The van der Waals surface area contributed by atoms with Gasteiger partial charge in [-0.3, -0.25) is 4.99 Å². The molecule has 2 heterocycles. The molecule has 0 bridgehead atoms. The lowest BCUT2D eigenvalue weighted by Crippen LogP contribution is -2.47.